The van der Waals surface area contributed by atoms with E-state index in [1.54, 1.807) is 7.11 Å². The summed E-state index contributed by atoms with van der Waals surface area (Å²) in [7, 11) is 1.65. The summed E-state index contributed by atoms with van der Waals surface area (Å²) in [6.07, 6.45) is 2.64. The van der Waals surface area contributed by atoms with Crippen molar-refractivity contribution in [3.8, 4) is 5.75 Å². The number of carbonyl (C=O) groups is 1. The number of methoxy groups -OCH3 is 1. The van der Waals surface area contributed by atoms with Crippen LogP contribution in [-0.4, -0.2) is 30.3 Å². The Labute approximate surface area is 105 Å². The molecule has 1 amide bonds. The van der Waals surface area contributed by atoms with Gasteiger partial charge in [-0.1, -0.05) is 0 Å². The molecule has 1 aromatic rings. The molecule has 5 heteroatoms. The molecule has 18 heavy (non-hydrogen) atoms. The number of rotatable bonds is 3. The molecule has 0 bridgehead atoms. The second kappa shape index (κ2) is 5.35. The zero-order chi connectivity index (χ0) is 13.1. The highest BCUT2D eigenvalue weighted by molar-refractivity contribution is 5.97. The molecule has 1 aromatic carbocycles. The van der Waals surface area contributed by atoms with Crippen molar-refractivity contribution in [1.29, 1.82) is 0 Å². The molecular formula is C13H16FNO3. The number of carbonyl (C=O) groups excluding carboxylic acids is 1. The maximum absolute atomic E-state index is 13.0. The van der Waals surface area contributed by atoms with Crippen LogP contribution in [0.25, 0.3) is 0 Å². The molecular weight excluding hydrogens is 237 g/mol. The van der Waals surface area contributed by atoms with Crippen molar-refractivity contribution in [2.45, 2.75) is 31.4 Å². The van der Waals surface area contributed by atoms with Gasteiger partial charge in [-0.15, -0.1) is 0 Å². The van der Waals surface area contributed by atoms with E-state index in [1.807, 2.05) is 0 Å². The number of hydrogen-bond acceptors (Lipinski definition) is 3. The standard InChI is InChI=1S/C13H16FNO3/c1-18-10-4-3-9(7-10)15-13(17)11-6-8(14)2-5-12(11)16/h2,5-6,9-10,16H,3-4,7H2,1H3,(H,15,17). The first kappa shape index (κ1) is 12.8. The molecule has 0 aliphatic heterocycles. The number of amides is 1. The number of phenols is 1. The first-order valence-electron chi connectivity index (χ1n) is 5.92. The number of aromatic hydroxyl groups is 1. The molecule has 0 spiro atoms. The van der Waals surface area contributed by atoms with Gasteiger partial charge in [-0.3, -0.25) is 4.79 Å². The van der Waals surface area contributed by atoms with Gasteiger partial charge in [0.25, 0.3) is 5.91 Å². The van der Waals surface area contributed by atoms with Crippen molar-refractivity contribution in [1.82, 2.24) is 5.32 Å². The van der Waals surface area contributed by atoms with Gasteiger partial charge in [0, 0.05) is 13.2 Å². The van der Waals surface area contributed by atoms with E-state index in [4.69, 9.17) is 4.74 Å². The molecule has 4 nitrogen and oxygen atoms in total. The molecule has 2 N–H and O–H groups in total. The molecule has 0 radical (unpaired) electrons. The predicted octanol–water partition coefficient (Wildman–Crippen LogP) is 1.83. The minimum atomic E-state index is -0.542. The van der Waals surface area contributed by atoms with E-state index in [-0.39, 0.29) is 23.5 Å². The van der Waals surface area contributed by atoms with Crippen molar-refractivity contribution < 1.29 is 19.0 Å². The van der Waals surface area contributed by atoms with E-state index in [2.05, 4.69) is 5.32 Å². The largest absolute Gasteiger partial charge is 0.507 e. The summed E-state index contributed by atoms with van der Waals surface area (Å²) in [4.78, 5) is 11.9. The zero-order valence-electron chi connectivity index (χ0n) is 10.1. The second-order valence-electron chi connectivity index (χ2n) is 4.50. The number of benzene rings is 1. The molecule has 2 rings (SSSR count). The van der Waals surface area contributed by atoms with Crippen molar-refractivity contribution in [2.75, 3.05) is 7.11 Å². The van der Waals surface area contributed by atoms with Crippen LogP contribution in [0, 0.1) is 5.82 Å². The van der Waals surface area contributed by atoms with Gasteiger partial charge in [-0.2, -0.15) is 0 Å². The first-order chi connectivity index (χ1) is 8.60. The van der Waals surface area contributed by atoms with Gasteiger partial charge >= 0.3 is 0 Å². The fourth-order valence-corrected chi connectivity index (χ4v) is 2.24. The van der Waals surface area contributed by atoms with Crippen molar-refractivity contribution in [2.24, 2.45) is 0 Å². The number of phenolic OH excluding ortho intramolecular Hbond substituents is 1. The van der Waals surface area contributed by atoms with Crippen molar-refractivity contribution >= 4 is 5.91 Å². The molecule has 2 atom stereocenters. The molecule has 0 saturated heterocycles. The van der Waals surface area contributed by atoms with E-state index in [9.17, 15) is 14.3 Å². The number of halogens is 1. The Balaban J connectivity index is 2.02. The highest BCUT2D eigenvalue weighted by Crippen LogP contribution is 2.23. The lowest BCUT2D eigenvalue weighted by Crippen LogP contribution is -2.33. The lowest BCUT2D eigenvalue weighted by molar-refractivity contribution is 0.0912. The lowest BCUT2D eigenvalue weighted by atomic mass is 10.1. The predicted molar refractivity (Wildman–Crippen MR) is 64.0 cm³/mol. The average Bonchev–Trinajstić information content (AvgIpc) is 2.80. The Hall–Kier alpha value is -1.62. The van der Waals surface area contributed by atoms with Crippen LogP contribution >= 0.6 is 0 Å². The summed E-state index contributed by atoms with van der Waals surface area (Å²) < 4.78 is 18.2. The highest BCUT2D eigenvalue weighted by atomic mass is 19.1. The van der Waals surface area contributed by atoms with Crippen molar-refractivity contribution in [3.05, 3.63) is 29.6 Å². The Bertz CT molecular complexity index is 450. The first-order valence-corrected chi connectivity index (χ1v) is 5.92. The van der Waals surface area contributed by atoms with Crippen LogP contribution in [-0.2, 0) is 4.74 Å². The van der Waals surface area contributed by atoms with E-state index >= 15 is 0 Å². The zero-order valence-corrected chi connectivity index (χ0v) is 10.1. The van der Waals surface area contributed by atoms with Gasteiger partial charge in [0.15, 0.2) is 0 Å². The molecule has 0 heterocycles. The Morgan fingerprint density at radius 1 is 1.50 bits per heavy atom. The smallest absolute Gasteiger partial charge is 0.255 e. The molecule has 1 aliphatic carbocycles. The van der Waals surface area contributed by atoms with Gasteiger partial charge in [0.05, 0.1) is 11.7 Å². The minimum Gasteiger partial charge on any atom is -0.507 e. The van der Waals surface area contributed by atoms with Crippen LogP contribution in [0.4, 0.5) is 4.39 Å². The van der Waals surface area contributed by atoms with Crippen LogP contribution < -0.4 is 5.32 Å². The Morgan fingerprint density at radius 3 is 2.94 bits per heavy atom. The van der Waals surface area contributed by atoms with Crippen LogP contribution in [0.1, 0.15) is 29.6 Å². The number of nitrogens with one attached hydrogen (secondary N) is 1. The van der Waals surface area contributed by atoms with E-state index in [1.165, 1.54) is 6.07 Å². The van der Waals surface area contributed by atoms with E-state index in [0.717, 1.165) is 31.4 Å². The fourth-order valence-electron chi connectivity index (χ4n) is 2.24. The van der Waals surface area contributed by atoms with Crippen LogP contribution in [0.15, 0.2) is 18.2 Å². The average molecular weight is 253 g/mol. The maximum Gasteiger partial charge on any atom is 0.255 e. The van der Waals surface area contributed by atoms with E-state index < -0.39 is 11.7 Å². The number of ether oxygens (including phenoxy) is 1. The van der Waals surface area contributed by atoms with Gasteiger partial charge in [-0.25, -0.2) is 4.39 Å². The summed E-state index contributed by atoms with van der Waals surface area (Å²) >= 11 is 0. The lowest BCUT2D eigenvalue weighted by Gasteiger charge is -2.13. The fraction of sp³-hybridized carbons (Fsp3) is 0.462. The number of hydrogen-bond donors (Lipinski definition) is 2. The van der Waals surface area contributed by atoms with Crippen LogP contribution in [0.2, 0.25) is 0 Å². The van der Waals surface area contributed by atoms with Gasteiger partial charge in [0.1, 0.15) is 11.6 Å². The molecule has 0 aromatic heterocycles. The molecule has 2 unspecified atom stereocenters. The quantitative estimate of drug-likeness (QED) is 0.864. The van der Waals surface area contributed by atoms with Crippen LogP contribution in [0.5, 0.6) is 5.75 Å². The minimum absolute atomic E-state index is 0.0186. The second-order valence-corrected chi connectivity index (χ2v) is 4.50. The third-order valence-corrected chi connectivity index (χ3v) is 3.26. The molecule has 1 fully saturated rings. The molecule has 1 saturated carbocycles. The van der Waals surface area contributed by atoms with Crippen molar-refractivity contribution in [3.63, 3.8) is 0 Å². The monoisotopic (exact) mass is 253 g/mol. The van der Waals surface area contributed by atoms with Crippen LogP contribution in [0.3, 0.4) is 0 Å². The molecule has 1 aliphatic rings. The summed E-state index contributed by atoms with van der Waals surface area (Å²) in [6, 6.07) is 3.34. The summed E-state index contributed by atoms with van der Waals surface area (Å²) in [5.41, 5.74) is -0.0316. The highest BCUT2D eigenvalue weighted by Gasteiger charge is 2.26. The topological polar surface area (TPSA) is 58.6 Å². The third kappa shape index (κ3) is 2.79. The normalized spacial score (nSPS) is 23.0. The third-order valence-electron chi connectivity index (χ3n) is 3.26. The van der Waals surface area contributed by atoms with E-state index in [0.29, 0.717) is 0 Å². The molecule has 98 valence electrons. The Morgan fingerprint density at radius 2 is 2.28 bits per heavy atom. The summed E-state index contributed by atoms with van der Waals surface area (Å²) in [5.74, 6) is -1.21. The van der Waals surface area contributed by atoms with Gasteiger partial charge < -0.3 is 15.2 Å². The summed E-state index contributed by atoms with van der Waals surface area (Å²) in [5, 5.41) is 12.3. The maximum atomic E-state index is 13.0. The Kier molecular flexibility index (Phi) is 3.81. The summed E-state index contributed by atoms with van der Waals surface area (Å²) in [6.45, 7) is 0. The van der Waals surface area contributed by atoms with Gasteiger partial charge in [-0.05, 0) is 37.5 Å². The SMILES string of the molecule is COC1CCC(NC(=O)c2cc(F)ccc2O)C1. The van der Waals surface area contributed by atoms with Gasteiger partial charge in [0.2, 0.25) is 0 Å².